The summed E-state index contributed by atoms with van der Waals surface area (Å²) in [5.41, 5.74) is 7.01. The Balaban J connectivity index is 1.98. The number of ether oxygens (including phenoxy) is 1. The third-order valence-corrected chi connectivity index (χ3v) is 3.63. The predicted octanol–water partition coefficient (Wildman–Crippen LogP) is 2.76. The lowest BCUT2D eigenvalue weighted by Crippen LogP contribution is -2.36. The largest absolute Gasteiger partial charge is 0.491 e. The number of nitrogens with two attached hydrogens (primary N) is 1. The van der Waals surface area contributed by atoms with E-state index in [0.29, 0.717) is 18.4 Å². The van der Waals surface area contributed by atoms with Gasteiger partial charge >= 0.3 is 0 Å². The van der Waals surface area contributed by atoms with Crippen molar-refractivity contribution in [2.75, 3.05) is 13.2 Å². The molecular weight excluding hydrogens is 243 g/mol. The summed E-state index contributed by atoms with van der Waals surface area (Å²) in [6.07, 6.45) is 4.51. The van der Waals surface area contributed by atoms with Gasteiger partial charge in [-0.25, -0.2) is 4.39 Å². The molecule has 0 radical (unpaired) electrons. The summed E-state index contributed by atoms with van der Waals surface area (Å²) in [5, 5.41) is 3.47. The van der Waals surface area contributed by atoms with E-state index >= 15 is 0 Å². The highest BCUT2D eigenvalue weighted by atomic mass is 19.1. The molecule has 2 unspecified atom stereocenters. The number of nitrogens with one attached hydrogen (secondary N) is 1. The van der Waals surface area contributed by atoms with Gasteiger partial charge in [-0.2, -0.15) is 0 Å². The van der Waals surface area contributed by atoms with Crippen LogP contribution < -0.4 is 15.8 Å². The normalized spacial score (nSPS) is 21.1. The van der Waals surface area contributed by atoms with Crippen molar-refractivity contribution in [3.05, 3.63) is 29.6 Å². The molecule has 0 aliphatic carbocycles. The summed E-state index contributed by atoms with van der Waals surface area (Å²) in [4.78, 5) is 0. The SMILES string of the molecule is CCOc1ccc(C(N)CC2CCCCN2)cc1F. The van der Waals surface area contributed by atoms with Gasteiger partial charge in [-0.15, -0.1) is 0 Å². The summed E-state index contributed by atoms with van der Waals surface area (Å²) >= 11 is 0. The topological polar surface area (TPSA) is 47.3 Å². The molecule has 2 atom stereocenters. The first-order valence-electron chi connectivity index (χ1n) is 7.12. The van der Waals surface area contributed by atoms with Crippen LogP contribution in [-0.2, 0) is 0 Å². The fourth-order valence-corrected chi connectivity index (χ4v) is 2.59. The molecule has 1 aromatic carbocycles. The molecule has 1 aliphatic heterocycles. The highest BCUT2D eigenvalue weighted by Crippen LogP contribution is 2.25. The Hall–Kier alpha value is -1.13. The van der Waals surface area contributed by atoms with Gasteiger partial charge in [-0.1, -0.05) is 12.5 Å². The molecule has 1 saturated heterocycles. The third kappa shape index (κ3) is 3.91. The standard InChI is InChI=1S/C15H23FN2O/c1-2-19-15-7-6-11(9-13(15)16)14(17)10-12-5-3-4-8-18-12/h6-7,9,12,14,18H,2-5,8,10,17H2,1H3. The fraction of sp³-hybridized carbons (Fsp3) is 0.600. The molecule has 106 valence electrons. The van der Waals surface area contributed by atoms with E-state index in [9.17, 15) is 4.39 Å². The maximum Gasteiger partial charge on any atom is 0.165 e. The molecule has 1 fully saturated rings. The molecule has 2 rings (SSSR count). The molecular formula is C15H23FN2O. The van der Waals surface area contributed by atoms with Crippen LogP contribution >= 0.6 is 0 Å². The highest BCUT2D eigenvalue weighted by molar-refractivity contribution is 5.31. The van der Waals surface area contributed by atoms with Gasteiger partial charge in [0.25, 0.3) is 0 Å². The number of hydrogen-bond donors (Lipinski definition) is 2. The minimum absolute atomic E-state index is 0.124. The van der Waals surface area contributed by atoms with E-state index in [1.807, 2.05) is 13.0 Å². The zero-order valence-electron chi connectivity index (χ0n) is 11.5. The van der Waals surface area contributed by atoms with E-state index in [2.05, 4.69) is 5.32 Å². The van der Waals surface area contributed by atoms with Gasteiger partial charge in [0.15, 0.2) is 11.6 Å². The molecule has 3 N–H and O–H groups in total. The Labute approximate surface area is 114 Å². The third-order valence-electron chi connectivity index (χ3n) is 3.63. The second kappa shape index (κ2) is 6.87. The second-order valence-electron chi connectivity index (χ2n) is 5.11. The van der Waals surface area contributed by atoms with E-state index in [1.54, 1.807) is 6.07 Å². The Morgan fingerprint density at radius 1 is 1.47 bits per heavy atom. The highest BCUT2D eigenvalue weighted by Gasteiger charge is 2.18. The number of piperidine rings is 1. The van der Waals surface area contributed by atoms with E-state index < -0.39 is 0 Å². The summed E-state index contributed by atoms with van der Waals surface area (Å²) < 4.78 is 19.0. The molecule has 0 bridgehead atoms. The van der Waals surface area contributed by atoms with Gasteiger partial charge < -0.3 is 15.8 Å². The first kappa shape index (κ1) is 14.3. The zero-order valence-corrected chi connectivity index (χ0v) is 11.5. The molecule has 1 aliphatic rings. The first-order valence-corrected chi connectivity index (χ1v) is 7.12. The van der Waals surface area contributed by atoms with Gasteiger partial charge in [0.1, 0.15) is 0 Å². The quantitative estimate of drug-likeness (QED) is 0.861. The molecule has 4 heteroatoms. The van der Waals surface area contributed by atoms with Gasteiger partial charge in [0.05, 0.1) is 6.61 Å². The van der Waals surface area contributed by atoms with Crippen molar-refractivity contribution < 1.29 is 9.13 Å². The minimum Gasteiger partial charge on any atom is -0.491 e. The minimum atomic E-state index is -0.327. The van der Waals surface area contributed by atoms with Crippen LogP contribution in [0.2, 0.25) is 0 Å². The van der Waals surface area contributed by atoms with Gasteiger partial charge in [0.2, 0.25) is 0 Å². The number of benzene rings is 1. The van der Waals surface area contributed by atoms with Crippen molar-refractivity contribution in [1.29, 1.82) is 0 Å². The lowest BCUT2D eigenvalue weighted by molar-refractivity contribution is 0.320. The molecule has 3 nitrogen and oxygen atoms in total. The van der Waals surface area contributed by atoms with E-state index in [-0.39, 0.29) is 11.9 Å². The van der Waals surface area contributed by atoms with Crippen molar-refractivity contribution >= 4 is 0 Å². The molecule has 0 spiro atoms. The van der Waals surface area contributed by atoms with Crippen molar-refractivity contribution in [3.63, 3.8) is 0 Å². The number of rotatable bonds is 5. The van der Waals surface area contributed by atoms with Gasteiger partial charge in [0, 0.05) is 12.1 Å². The van der Waals surface area contributed by atoms with E-state index in [4.69, 9.17) is 10.5 Å². The Kier molecular flexibility index (Phi) is 5.16. The van der Waals surface area contributed by atoms with Gasteiger partial charge in [-0.05, 0) is 50.4 Å². The summed E-state index contributed by atoms with van der Waals surface area (Å²) in [7, 11) is 0. The lowest BCUT2D eigenvalue weighted by atomic mass is 9.94. The Morgan fingerprint density at radius 3 is 2.95 bits per heavy atom. The van der Waals surface area contributed by atoms with Crippen LogP contribution in [0.5, 0.6) is 5.75 Å². The smallest absolute Gasteiger partial charge is 0.165 e. The van der Waals surface area contributed by atoms with Crippen molar-refractivity contribution in [2.24, 2.45) is 5.73 Å². The predicted molar refractivity (Wildman–Crippen MR) is 74.8 cm³/mol. The molecule has 0 saturated carbocycles. The number of hydrogen-bond acceptors (Lipinski definition) is 3. The van der Waals surface area contributed by atoms with Gasteiger partial charge in [-0.3, -0.25) is 0 Å². The van der Waals surface area contributed by atoms with Crippen LogP contribution in [0.1, 0.15) is 44.2 Å². The first-order chi connectivity index (χ1) is 9.20. The number of halogens is 1. The summed E-state index contributed by atoms with van der Waals surface area (Å²) in [6.45, 7) is 3.37. The van der Waals surface area contributed by atoms with Crippen molar-refractivity contribution in [3.8, 4) is 5.75 Å². The van der Waals surface area contributed by atoms with Crippen molar-refractivity contribution in [1.82, 2.24) is 5.32 Å². The Morgan fingerprint density at radius 2 is 2.32 bits per heavy atom. The zero-order chi connectivity index (χ0) is 13.7. The van der Waals surface area contributed by atoms with Crippen LogP contribution in [0.25, 0.3) is 0 Å². The van der Waals surface area contributed by atoms with Crippen LogP contribution in [0, 0.1) is 5.82 Å². The van der Waals surface area contributed by atoms with Crippen LogP contribution in [0.3, 0.4) is 0 Å². The van der Waals surface area contributed by atoms with Crippen molar-refractivity contribution in [2.45, 2.75) is 44.7 Å². The van der Waals surface area contributed by atoms with E-state index in [0.717, 1.165) is 24.9 Å². The average Bonchev–Trinajstić information content (AvgIpc) is 2.42. The Bertz CT molecular complexity index is 405. The maximum absolute atomic E-state index is 13.8. The molecule has 0 amide bonds. The lowest BCUT2D eigenvalue weighted by Gasteiger charge is -2.26. The molecule has 1 heterocycles. The average molecular weight is 266 g/mol. The van der Waals surface area contributed by atoms with Crippen LogP contribution in [-0.4, -0.2) is 19.2 Å². The molecule has 1 aromatic rings. The van der Waals surface area contributed by atoms with E-state index in [1.165, 1.54) is 18.9 Å². The monoisotopic (exact) mass is 266 g/mol. The fourth-order valence-electron chi connectivity index (χ4n) is 2.59. The summed E-state index contributed by atoms with van der Waals surface area (Å²) in [5.74, 6) is -0.0272. The maximum atomic E-state index is 13.8. The second-order valence-corrected chi connectivity index (χ2v) is 5.11. The van der Waals surface area contributed by atoms with Crippen LogP contribution in [0.4, 0.5) is 4.39 Å². The van der Waals surface area contributed by atoms with Crippen LogP contribution in [0.15, 0.2) is 18.2 Å². The molecule has 19 heavy (non-hydrogen) atoms. The molecule has 0 aromatic heterocycles. The summed E-state index contributed by atoms with van der Waals surface area (Å²) in [6, 6.07) is 5.36.